The predicted molar refractivity (Wildman–Crippen MR) is 62.6 cm³/mol. The van der Waals surface area contributed by atoms with Gasteiger partial charge in [0.25, 0.3) is 0 Å². The van der Waals surface area contributed by atoms with Gasteiger partial charge in [-0.25, -0.2) is 13.0 Å². The second kappa shape index (κ2) is 7.54. The standard InChI is InChI=1S/C10H8F14O4S/c1-3(11)6(15,16)4(12)7(17,18)9(21,22)10(23,24)8(19,20)5(13,14)2-28-29(25,26)27/h3-4H,2H2,1H3,(H,25,26,27). The molecule has 0 saturated carbocycles. The summed E-state index contributed by atoms with van der Waals surface area (Å²) in [5, 5.41) is 0. The molecule has 0 fully saturated rings. The Bertz CT molecular complexity index is 689. The predicted octanol–water partition coefficient (Wildman–Crippen LogP) is 4.31. The summed E-state index contributed by atoms with van der Waals surface area (Å²) in [6.07, 6.45) is -9.94. The van der Waals surface area contributed by atoms with E-state index < -0.39 is 71.8 Å². The Hall–Kier alpha value is -1.11. The quantitative estimate of drug-likeness (QED) is 0.366. The Morgan fingerprint density at radius 3 is 1.48 bits per heavy atom. The van der Waals surface area contributed by atoms with Gasteiger partial charge in [0.1, 0.15) is 6.61 Å². The van der Waals surface area contributed by atoms with Crippen molar-refractivity contribution in [3.8, 4) is 0 Å². The molecule has 4 nitrogen and oxygen atoms in total. The first-order chi connectivity index (χ1) is 12.3. The molecule has 19 heteroatoms. The summed E-state index contributed by atoms with van der Waals surface area (Å²) >= 11 is 0. The lowest BCUT2D eigenvalue weighted by Crippen LogP contribution is -2.71. The van der Waals surface area contributed by atoms with E-state index in [2.05, 4.69) is 4.18 Å². The second-order valence-electron chi connectivity index (χ2n) is 5.39. The van der Waals surface area contributed by atoms with Crippen LogP contribution in [0.5, 0.6) is 0 Å². The van der Waals surface area contributed by atoms with E-state index in [9.17, 15) is 69.9 Å². The molecule has 0 saturated heterocycles. The highest BCUT2D eigenvalue weighted by molar-refractivity contribution is 7.80. The third-order valence-electron chi connectivity index (χ3n) is 3.24. The molecule has 2 unspecified atom stereocenters. The molecule has 176 valence electrons. The zero-order chi connectivity index (χ0) is 24.1. The van der Waals surface area contributed by atoms with Gasteiger partial charge in [-0.1, -0.05) is 0 Å². The molecule has 0 aliphatic rings. The van der Waals surface area contributed by atoms with Crippen LogP contribution in [-0.4, -0.2) is 67.5 Å². The normalized spacial score (nSPS) is 17.9. The van der Waals surface area contributed by atoms with Crippen molar-refractivity contribution in [1.82, 2.24) is 0 Å². The third-order valence-corrected chi connectivity index (χ3v) is 3.66. The SMILES string of the molecule is CC(F)C(F)(F)C(F)C(F)(F)C(F)(F)C(F)(F)C(F)(F)C(F)(F)COS(=O)(=O)O. The molecule has 2 atom stereocenters. The van der Waals surface area contributed by atoms with E-state index >= 15 is 0 Å². The minimum Gasteiger partial charge on any atom is -0.264 e. The molecule has 0 spiro atoms. The van der Waals surface area contributed by atoms with E-state index in [0.717, 1.165) is 0 Å². The molecule has 0 aromatic carbocycles. The van der Waals surface area contributed by atoms with E-state index in [-0.39, 0.29) is 0 Å². The molecule has 0 heterocycles. The molecule has 29 heavy (non-hydrogen) atoms. The monoisotopic (exact) mass is 490 g/mol. The Balaban J connectivity index is 6.30. The van der Waals surface area contributed by atoms with Crippen molar-refractivity contribution >= 4 is 10.4 Å². The van der Waals surface area contributed by atoms with Crippen molar-refractivity contribution in [3.63, 3.8) is 0 Å². The summed E-state index contributed by atoms with van der Waals surface area (Å²) < 4.78 is 214. The fourth-order valence-corrected chi connectivity index (χ4v) is 1.77. The van der Waals surface area contributed by atoms with Crippen molar-refractivity contribution in [3.05, 3.63) is 0 Å². The highest BCUT2D eigenvalue weighted by Crippen LogP contribution is 2.59. The second-order valence-corrected chi connectivity index (χ2v) is 6.48. The van der Waals surface area contributed by atoms with E-state index in [1.807, 2.05) is 0 Å². The lowest BCUT2D eigenvalue weighted by atomic mass is 9.90. The molecule has 0 aliphatic heterocycles. The van der Waals surface area contributed by atoms with Gasteiger partial charge in [-0.2, -0.15) is 61.1 Å². The van der Waals surface area contributed by atoms with Crippen LogP contribution in [0.15, 0.2) is 0 Å². The summed E-state index contributed by atoms with van der Waals surface area (Å²) in [6, 6.07) is 0. The molecule has 0 aromatic rings. The van der Waals surface area contributed by atoms with Crippen molar-refractivity contribution in [2.75, 3.05) is 6.61 Å². The van der Waals surface area contributed by atoms with Crippen LogP contribution in [0.1, 0.15) is 6.92 Å². The van der Waals surface area contributed by atoms with Gasteiger partial charge in [-0.05, 0) is 6.92 Å². The topological polar surface area (TPSA) is 63.6 Å². The van der Waals surface area contributed by atoms with Gasteiger partial charge in [-0.15, -0.1) is 0 Å². The maximum absolute atomic E-state index is 13.3. The van der Waals surface area contributed by atoms with Crippen LogP contribution in [0.2, 0.25) is 0 Å². The maximum Gasteiger partial charge on any atom is 0.397 e. The van der Waals surface area contributed by atoms with Gasteiger partial charge in [0.2, 0.25) is 6.17 Å². The smallest absolute Gasteiger partial charge is 0.264 e. The largest absolute Gasteiger partial charge is 0.397 e. The highest BCUT2D eigenvalue weighted by atomic mass is 32.3. The van der Waals surface area contributed by atoms with Crippen LogP contribution in [0.3, 0.4) is 0 Å². The van der Waals surface area contributed by atoms with Crippen molar-refractivity contribution in [1.29, 1.82) is 0 Å². The number of halogens is 14. The molecule has 0 amide bonds. The zero-order valence-electron chi connectivity index (χ0n) is 13.2. The average Bonchev–Trinajstić information content (AvgIpc) is 2.50. The Labute approximate surface area is 151 Å². The van der Waals surface area contributed by atoms with Gasteiger partial charge in [0, 0.05) is 0 Å². The minimum absolute atomic E-state index is 0.394. The minimum atomic E-state index is -8.05. The number of hydrogen-bond acceptors (Lipinski definition) is 3. The molecule has 0 bridgehead atoms. The molecule has 0 radical (unpaired) electrons. The van der Waals surface area contributed by atoms with E-state index in [4.69, 9.17) is 4.55 Å². The van der Waals surface area contributed by atoms with Crippen LogP contribution < -0.4 is 0 Å². The lowest BCUT2D eigenvalue weighted by molar-refractivity contribution is -0.415. The fourth-order valence-electron chi connectivity index (χ4n) is 1.48. The molecule has 0 aliphatic carbocycles. The molecule has 0 rings (SSSR count). The Kier molecular flexibility index (Phi) is 7.25. The zero-order valence-corrected chi connectivity index (χ0v) is 14.1. The van der Waals surface area contributed by atoms with E-state index in [0.29, 0.717) is 0 Å². The number of rotatable bonds is 10. The molecule has 1 N–H and O–H groups in total. The summed E-state index contributed by atoms with van der Waals surface area (Å²) in [5.41, 5.74) is 0. The van der Waals surface area contributed by atoms with Crippen LogP contribution >= 0.6 is 0 Å². The van der Waals surface area contributed by atoms with Gasteiger partial charge in [0.05, 0.1) is 0 Å². The van der Waals surface area contributed by atoms with Crippen molar-refractivity contribution in [2.45, 2.75) is 54.8 Å². The highest BCUT2D eigenvalue weighted by Gasteiger charge is 2.88. The van der Waals surface area contributed by atoms with Gasteiger partial charge >= 0.3 is 45.9 Å². The van der Waals surface area contributed by atoms with E-state index in [1.165, 1.54) is 0 Å². The molecule has 0 aromatic heterocycles. The number of alkyl halides is 14. The van der Waals surface area contributed by atoms with Crippen molar-refractivity contribution in [2.24, 2.45) is 0 Å². The summed E-state index contributed by atoms with van der Waals surface area (Å²) in [4.78, 5) is 0. The number of hydrogen-bond donors (Lipinski definition) is 1. The van der Waals surface area contributed by atoms with Crippen LogP contribution in [0.25, 0.3) is 0 Å². The average molecular weight is 490 g/mol. The molecular weight excluding hydrogens is 482 g/mol. The maximum atomic E-state index is 13.3. The first-order valence-corrected chi connectivity index (χ1v) is 7.84. The third kappa shape index (κ3) is 4.64. The lowest BCUT2D eigenvalue weighted by Gasteiger charge is -2.41. The van der Waals surface area contributed by atoms with Crippen molar-refractivity contribution < 1.29 is 78.6 Å². The summed E-state index contributed by atoms with van der Waals surface area (Å²) in [6.45, 7) is -3.90. The van der Waals surface area contributed by atoms with Gasteiger partial charge < -0.3 is 0 Å². The van der Waals surface area contributed by atoms with Gasteiger partial charge in [-0.3, -0.25) is 4.55 Å². The van der Waals surface area contributed by atoms with E-state index in [1.54, 1.807) is 0 Å². The molecular formula is C10H8F14O4S. The van der Waals surface area contributed by atoms with Crippen LogP contribution in [0.4, 0.5) is 61.5 Å². The summed E-state index contributed by atoms with van der Waals surface area (Å²) in [5.74, 6) is -44.2. The Morgan fingerprint density at radius 1 is 0.793 bits per heavy atom. The first-order valence-electron chi connectivity index (χ1n) is 6.47. The van der Waals surface area contributed by atoms with Crippen LogP contribution in [0, 0.1) is 0 Å². The fraction of sp³-hybridized carbons (Fsp3) is 1.00. The van der Waals surface area contributed by atoms with Crippen LogP contribution in [-0.2, 0) is 14.6 Å². The first kappa shape index (κ1) is 27.9. The summed E-state index contributed by atoms with van der Waals surface area (Å²) in [7, 11) is -6.06. The Morgan fingerprint density at radius 2 is 1.17 bits per heavy atom. The van der Waals surface area contributed by atoms with Gasteiger partial charge in [0.15, 0.2) is 6.17 Å².